The first kappa shape index (κ1) is 44.5. The van der Waals surface area contributed by atoms with Gasteiger partial charge in [-0.3, -0.25) is 0 Å². The molecule has 7 aliphatic rings. The highest BCUT2D eigenvalue weighted by Gasteiger charge is 2.84. The van der Waals surface area contributed by atoms with Gasteiger partial charge >= 0.3 is 0 Å². The molecule has 15 heteroatoms. The van der Waals surface area contributed by atoms with Crippen molar-refractivity contribution in [2.24, 2.45) is 50.7 Å². The minimum absolute atomic E-state index is 0.0103. The smallest absolute Gasteiger partial charge is 0.187 e. The van der Waals surface area contributed by atoms with Crippen LogP contribution >= 0.6 is 0 Å². The van der Waals surface area contributed by atoms with Gasteiger partial charge in [0.05, 0.1) is 43.2 Å². The second kappa shape index (κ2) is 15.0. The number of aliphatic hydroxyl groups is 11. The molecule has 2 saturated heterocycles. The van der Waals surface area contributed by atoms with Crippen LogP contribution in [0.4, 0.5) is 0 Å². The summed E-state index contributed by atoms with van der Waals surface area (Å²) in [7, 11) is 0. The molecule has 5 aliphatic carbocycles. The largest absolute Gasteiger partial charge is 0.394 e. The Morgan fingerprint density at radius 2 is 1.28 bits per heavy atom. The van der Waals surface area contributed by atoms with Gasteiger partial charge in [-0.05, 0) is 122 Å². The van der Waals surface area contributed by atoms with E-state index in [1.807, 2.05) is 0 Å². The van der Waals surface area contributed by atoms with Crippen LogP contribution in [0.2, 0.25) is 0 Å². The molecule has 0 aromatic heterocycles. The van der Waals surface area contributed by atoms with Crippen LogP contribution in [-0.4, -0.2) is 161 Å². The first-order valence-electron chi connectivity index (χ1n) is 21.5. The monoisotopic (exact) mass is 816 g/mol. The second-order valence-electron chi connectivity index (χ2n) is 21.1. The Hall–Kier alpha value is -0.600. The van der Waals surface area contributed by atoms with Gasteiger partial charge in [0, 0.05) is 0 Å². The molecule has 57 heavy (non-hydrogen) atoms. The molecule has 0 amide bonds. The maximum Gasteiger partial charge on any atom is 0.187 e. The summed E-state index contributed by atoms with van der Waals surface area (Å²) in [5.74, 6) is 0.0816. The van der Waals surface area contributed by atoms with Crippen molar-refractivity contribution in [3.05, 3.63) is 0 Å². The molecule has 2 heterocycles. The SMILES string of the molecule is CC(CCC(O)C(C)(C)OC1OC(CO)C(O)C(O)C1O)C1C(O)CC2(C)C3CC(O)C4C(C)(C)C(OC5OC(CO)C(O)C(O)C5O)CCC45CC35CCC12C. The molecule has 2 aliphatic heterocycles. The highest BCUT2D eigenvalue weighted by molar-refractivity contribution is 5.32. The number of ether oxygens (including phenoxy) is 4. The van der Waals surface area contributed by atoms with Crippen molar-refractivity contribution >= 4 is 0 Å². The maximum absolute atomic E-state index is 12.3. The molecular formula is C42H72O15. The molecular weight excluding hydrogens is 744 g/mol. The zero-order chi connectivity index (χ0) is 42.0. The van der Waals surface area contributed by atoms with Gasteiger partial charge in [-0.25, -0.2) is 0 Å². The zero-order valence-electron chi connectivity index (χ0n) is 34.7. The highest BCUT2D eigenvalue weighted by atomic mass is 16.7. The predicted molar refractivity (Wildman–Crippen MR) is 202 cm³/mol. The molecule has 0 bridgehead atoms. The molecule has 0 aromatic rings. The van der Waals surface area contributed by atoms with Gasteiger partial charge in [0.25, 0.3) is 0 Å². The van der Waals surface area contributed by atoms with Crippen LogP contribution in [-0.2, 0) is 18.9 Å². The standard InChI is InChI=1S/C42H72O15/c1-19(8-9-25(47)38(4,5)57-36-33(53)31(51)29(49)23(17-44)55-36)27-21(46)15-40(7)24-14-20(45)34-37(2,3)26(56-35-32(52)30(50)28(48)22(16-43)54-35)10-11-42(34)18-41(24,42)13-12-39(27,40)6/h19-36,43-53H,8-18H2,1-7H3. The minimum atomic E-state index is -1.59. The van der Waals surface area contributed by atoms with E-state index in [1.54, 1.807) is 13.8 Å². The lowest BCUT2D eigenvalue weighted by atomic mass is 9.41. The summed E-state index contributed by atoms with van der Waals surface area (Å²) >= 11 is 0. The van der Waals surface area contributed by atoms with Crippen LogP contribution in [0.3, 0.4) is 0 Å². The zero-order valence-corrected chi connectivity index (χ0v) is 34.7. The van der Waals surface area contributed by atoms with E-state index in [4.69, 9.17) is 18.9 Å². The molecule has 5 saturated carbocycles. The maximum atomic E-state index is 12.3. The van der Waals surface area contributed by atoms with Gasteiger partial charge in [-0.1, -0.05) is 34.6 Å². The second-order valence-corrected chi connectivity index (χ2v) is 21.1. The number of fused-ring (bicyclic) bond motifs is 2. The summed E-state index contributed by atoms with van der Waals surface area (Å²) in [6, 6.07) is 0. The molecule has 22 unspecified atom stereocenters. The van der Waals surface area contributed by atoms with Gasteiger partial charge in [-0.2, -0.15) is 0 Å². The number of rotatable bonds is 11. The lowest BCUT2D eigenvalue weighted by molar-refractivity contribution is -0.331. The summed E-state index contributed by atoms with van der Waals surface area (Å²) in [5, 5.41) is 117. The highest BCUT2D eigenvalue weighted by Crippen LogP contribution is 2.89. The van der Waals surface area contributed by atoms with E-state index in [0.29, 0.717) is 32.1 Å². The van der Waals surface area contributed by atoms with Crippen LogP contribution < -0.4 is 0 Å². The van der Waals surface area contributed by atoms with Crippen LogP contribution in [0, 0.1) is 50.7 Å². The number of hydrogen-bond acceptors (Lipinski definition) is 15. The van der Waals surface area contributed by atoms with Gasteiger partial charge in [0.2, 0.25) is 0 Å². The third-order valence-corrected chi connectivity index (χ3v) is 17.8. The van der Waals surface area contributed by atoms with Gasteiger partial charge in [0.15, 0.2) is 12.6 Å². The van der Waals surface area contributed by atoms with Gasteiger partial charge in [-0.15, -0.1) is 0 Å². The van der Waals surface area contributed by atoms with Crippen molar-refractivity contribution in [2.45, 2.75) is 198 Å². The van der Waals surface area contributed by atoms with Crippen molar-refractivity contribution in [3.8, 4) is 0 Å². The van der Waals surface area contributed by atoms with Crippen LogP contribution in [0.5, 0.6) is 0 Å². The molecule has 7 rings (SSSR count). The Morgan fingerprint density at radius 3 is 1.88 bits per heavy atom. The van der Waals surface area contributed by atoms with Crippen molar-refractivity contribution in [1.82, 2.24) is 0 Å². The van der Waals surface area contributed by atoms with E-state index in [-0.39, 0.29) is 45.3 Å². The fraction of sp³-hybridized carbons (Fsp3) is 1.00. The fourth-order valence-electron chi connectivity index (χ4n) is 14.6. The van der Waals surface area contributed by atoms with E-state index < -0.39 is 110 Å². The molecule has 15 nitrogen and oxygen atoms in total. The van der Waals surface area contributed by atoms with Crippen LogP contribution in [0.15, 0.2) is 0 Å². The number of hydrogen-bond donors (Lipinski definition) is 11. The fourth-order valence-corrected chi connectivity index (χ4v) is 14.6. The lowest BCUT2D eigenvalue weighted by Gasteiger charge is -2.64. The molecule has 0 radical (unpaired) electrons. The van der Waals surface area contributed by atoms with Crippen molar-refractivity contribution in [3.63, 3.8) is 0 Å². The summed E-state index contributed by atoms with van der Waals surface area (Å²) in [6.45, 7) is 13.2. The topological polar surface area (TPSA) is 259 Å². The van der Waals surface area contributed by atoms with Crippen LogP contribution in [0.25, 0.3) is 0 Å². The van der Waals surface area contributed by atoms with E-state index in [1.165, 1.54) is 0 Å². The quantitative estimate of drug-likeness (QED) is 0.122. The molecule has 0 aromatic carbocycles. The third kappa shape index (κ3) is 6.54. The van der Waals surface area contributed by atoms with Crippen molar-refractivity contribution in [1.29, 1.82) is 0 Å². The predicted octanol–water partition coefficient (Wildman–Crippen LogP) is -0.0755. The van der Waals surface area contributed by atoms with Crippen LogP contribution in [0.1, 0.15) is 106 Å². The number of aliphatic hydroxyl groups excluding tert-OH is 11. The van der Waals surface area contributed by atoms with Crippen molar-refractivity contribution in [2.75, 3.05) is 13.2 Å². The summed E-state index contributed by atoms with van der Waals surface area (Å²) in [4.78, 5) is 0. The third-order valence-electron chi connectivity index (χ3n) is 17.8. The Bertz CT molecular complexity index is 1450. The average molecular weight is 817 g/mol. The first-order chi connectivity index (χ1) is 26.5. The summed E-state index contributed by atoms with van der Waals surface area (Å²) < 4.78 is 23.7. The molecule has 11 N–H and O–H groups in total. The van der Waals surface area contributed by atoms with Gasteiger partial charge < -0.3 is 75.1 Å². The average Bonchev–Trinajstić information content (AvgIpc) is 3.74. The Morgan fingerprint density at radius 1 is 0.702 bits per heavy atom. The molecule has 330 valence electrons. The Labute approximate surface area is 336 Å². The van der Waals surface area contributed by atoms with Crippen molar-refractivity contribution < 1.29 is 75.1 Å². The first-order valence-corrected chi connectivity index (χ1v) is 21.5. The Kier molecular flexibility index (Phi) is 11.7. The lowest BCUT2D eigenvalue weighted by Crippen LogP contribution is -2.63. The minimum Gasteiger partial charge on any atom is -0.394 e. The summed E-state index contributed by atoms with van der Waals surface area (Å²) in [6.07, 6.45) is -10.1. The normalized spacial score (nSPS) is 54.2. The molecule has 7 fully saturated rings. The van der Waals surface area contributed by atoms with E-state index >= 15 is 0 Å². The summed E-state index contributed by atoms with van der Waals surface area (Å²) in [5.41, 5.74) is -2.33. The van der Waals surface area contributed by atoms with E-state index in [2.05, 4.69) is 34.6 Å². The van der Waals surface area contributed by atoms with E-state index in [9.17, 15) is 56.2 Å². The Balaban J connectivity index is 1.03. The van der Waals surface area contributed by atoms with E-state index in [0.717, 1.165) is 25.7 Å². The van der Waals surface area contributed by atoms with Gasteiger partial charge in [0.1, 0.15) is 48.8 Å². The molecule has 22 atom stereocenters. The molecule has 2 spiro atoms.